The summed E-state index contributed by atoms with van der Waals surface area (Å²) >= 11 is 0. The van der Waals surface area contributed by atoms with Gasteiger partial charge in [0.05, 0.1) is 0 Å². The van der Waals surface area contributed by atoms with Crippen molar-refractivity contribution in [3.05, 3.63) is 0 Å². The molecule has 0 atom stereocenters. The molecule has 0 heterocycles. The number of likely N-dealkylation sites (N-methyl/N-ethyl adjacent to an activating group) is 1. The molecule has 0 saturated heterocycles. The molecule has 5 nitrogen and oxygen atoms in total. The topological polar surface area (TPSA) is 70.7 Å². The molecule has 110 valence electrons. The highest BCUT2D eigenvalue weighted by molar-refractivity contribution is 5.84. The van der Waals surface area contributed by atoms with Crippen molar-refractivity contribution in [2.75, 3.05) is 13.6 Å². The van der Waals surface area contributed by atoms with Crippen LogP contribution in [0.4, 0.5) is 0 Å². The van der Waals surface area contributed by atoms with Gasteiger partial charge in [-0.25, -0.2) is 4.99 Å². The van der Waals surface area contributed by atoms with Crippen molar-refractivity contribution in [3.8, 4) is 0 Å². The normalized spacial score (nSPS) is 18.2. The Morgan fingerprint density at radius 2 is 1.89 bits per heavy atom. The van der Waals surface area contributed by atoms with Crippen LogP contribution in [0.1, 0.15) is 52.9 Å². The molecule has 1 aliphatic rings. The Bertz CT molecular complexity index is 327. The Hall–Kier alpha value is -1.26. The van der Waals surface area contributed by atoms with Crippen LogP contribution in [0.2, 0.25) is 0 Å². The average molecular weight is 268 g/mol. The molecule has 1 saturated carbocycles. The zero-order valence-electron chi connectivity index (χ0n) is 12.7. The number of hydrogen-bond acceptors (Lipinski definition) is 2. The van der Waals surface area contributed by atoms with E-state index in [2.05, 4.69) is 10.3 Å². The minimum absolute atomic E-state index is 0.0468. The van der Waals surface area contributed by atoms with Gasteiger partial charge in [0.25, 0.3) is 0 Å². The summed E-state index contributed by atoms with van der Waals surface area (Å²) in [4.78, 5) is 18.0. The van der Waals surface area contributed by atoms with Gasteiger partial charge in [-0.15, -0.1) is 0 Å². The van der Waals surface area contributed by atoms with Crippen molar-refractivity contribution in [1.29, 1.82) is 0 Å². The van der Waals surface area contributed by atoms with Crippen LogP contribution in [-0.4, -0.2) is 41.9 Å². The highest BCUT2D eigenvalue weighted by Crippen LogP contribution is 2.21. The molecule has 1 aliphatic carbocycles. The van der Waals surface area contributed by atoms with Crippen molar-refractivity contribution in [2.24, 2.45) is 10.7 Å². The second-order valence-electron chi connectivity index (χ2n) is 6.37. The summed E-state index contributed by atoms with van der Waals surface area (Å²) in [6.07, 6.45) is 5.96. The first-order chi connectivity index (χ1) is 8.79. The van der Waals surface area contributed by atoms with E-state index in [0.29, 0.717) is 12.0 Å². The molecule has 0 aliphatic heterocycles. The smallest absolute Gasteiger partial charge is 0.244 e. The summed E-state index contributed by atoms with van der Waals surface area (Å²) in [5.74, 6) is 0.378. The maximum Gasteiger partial charge on any atom is 0.244 e. The zero-order valence-corrected chi connectivity index (χ0v) is 12.7. The lowest BCUT2D eigenvalue weighted by Gasteiger charge is -2.31. The van der Waals surface area contributed by atoms with Crippen LogP contribution in [-0.2, 0) is 4.79 Å². The summed E-state index contributed by atoms with van der Waals surface area (Å²) in [7, 11) is 1.88. The fourth-order valence-corrected chi connectivity index (χ4v) is 2.36. The van der Waals surface area contributed by atoms with E-state index in [1.165, 1.54) is 19.3 Å². The molecule has 19 heavy (non-hydrogen) atoms. The van der Waals surface area contributed by atoms with Gasteiger partial charge in [-0.1, -0.05) is 19.3 Å². The Morgan fingerprint density at radius 3 is 2.42 bits per heavy atom. The Kier molecular flexibility index (Phi) is 5.63. The number of carbonyl (C=O) groups excluding carboxylic acids is 1. The van der Waals surface area contributed by atoms with Gasteiger partial charge in [0.1, 0.15) is 6.54 Å². The molecule has 0 radical (unpaired) electrons. The molecule has 1 fully saturated rings. The summed E-state index contributed by atoms with van der Waals surface area (Å²) in [5, 5.41) is 3.05. The van der Waals surface area contributed by atoms with Crippen molar-refractivity contribution in [3.63, 3.8) is 0 Å². The predicted octanol–water partition coefficient (Wildman–Crippen LogP) is 1.48. The highest BCUT2D eigenvalue weighted by Gasteiger charge is 2.21. The van der Waals surface area contributed by atoms with E-state index in [1.54, 1.807) is 0 Å². The molecular weight excluding hydrogens is 240 g/mol. The van der Waals surface area contributed by atoms with Gasteiger partial charge >= 0.3 is 0 Å². The van der Waals surface area contributed by atoms with E-state index in [0.717, 1.165) is 12.8 Å². The van der Waals surface area contributed by atoms with E-state index >= 15 is 0 Å². The van der Waals surface area contributed by atoms with Gasteiger partial charge in [0.15, 0.2) is 5.96 Å². The first-order valence-electron chi connectivity index (χ1n) is 7.13. The molecule has 0 aromatic carbocycles. The third-order valence-corrected chi connectivity index (χ3v) is 3.40. The summed E-state index contributed by atoms with van der Waals surface area (Å²) in [6.45, 7) is 6.14. The van der Waals surface area contributed by atoms with Crippen LogP contribution in [0.25, 0.3) is 0 Å². The largest absolute Gasteiger partial charge is 0.370 e. The maximum atomic E-state index is 12.0. The molecule has 0 unspecified atom stereocenters. The lowest BCUT2D eigenvalue weighted by molar-refractivity contribution is -0.130. The number of nitrogens with one attached hydrogen (secondary N) is 1. The van der Waals surface area contributed by atoms with E-state index in [9.17, 15) is 4.79 Å². The monoisotopic (exact) mass is 268 g/mol. The summed E-state index contributed by atoms with van der Waals surface area (Å²) < 4.78 is 0. The minimum atomic E-state index is -0.133. The summed E-state index contributed by atoms with van der Waals surface area (Å²) in [6, 6.07) is 0.383. The lowest BCUT2D eigenvalue weighted by Crippen LogP contribution is -2.46. The van der Waals surface area contributed by atoms with Crippen LogP contribution < -0.4 is 11.1 Å². The van der Waals surface area contributed by atoms with E-state index in [1.807, 2.05) is 32.7 Å². The molecule has 1 rings (SSSR count). The average Bonchev–Trinajstić information content (AvgIpc) is 2.34. The number of aliphatic imine (C=N–C) groups is 1. The Morgan fingerprint density at radius 1 is 1.32 bits per heavy atom. The van der Waals surface area contributed by atoms with Crippen LogP contribution in [0.15, 0.2) is 4.99 Å². The van der Waals surface area contributed by atoms with Gasteiger partial charge in [-0.3, -0.25) is 4.79 Å². The van der Waals surface area contributed by atoms with Crippen LogP contribution in [0.5, 0.6) is 0 Å². The first-order valence-corrected chi connectivity index (χ1v) is 7.13. The fraction of sp³-hybridized carbons (Fsp3) is 0.857. The third kappa shape index (κ3) is 5.94. The van der Waals surface area contributed by atoms with Crippen LogP contribution in [0.3, 0.4) is 0 Å². The third-order valence-electron chi connectivity index (χ3n) is 3.40. The minimum Gasteiger partial charge on any atom is -0.370 e. The highest BCUT2D eigenvalue weighted by atomic mass is 16.2. The SMILES string of the molecule is CN(C(=O)CN=C(N)NC(C)(C)C)C1CCCCC1. The number of amides is 1. The Labute approximate surface area is 116 Å². The predicted molar refractivity (Wildman–Crippen MR) is 79.0 cm³/mol. The first kappa shape index (κ1) is 15.8. The number of rotatable bonds is 3. The van der Waals surface area contributed by atoms with E-state index < -0.39 is 0 Å². The number of hydrogen-bond donors (Lipinski definition) is 2. The van der Waals surface area contributed by atoms with E-state index in [-0.39, 0.29) is 18.0 Å². The maximum absolute atomic E-state index is 12.0. The number of carbonyl (C=O) groups is 1. The second-order valence-corrected chi connectivity index (χ2v) is 6.37. The molecular formula is C14H28N4O. The van der Waals surface area contributed by atoms with Gasteiger partial charge in [0, 0.05) is 18.6 Å². The van der Waals surface area contributed by atoms with Crippen LogP contribution >= 0.6 is 0 Å². The summed E-state index contributed by atoms with van der Waals surface area (Å²) in [5.41, 5.74) is 5.62. The standard InChI is InChI=1S/C14H28N4O/c1-14(2,3)17-13(15)16-10-12(19)18(4)11-8-6-5-7-9-11/h11H,5-10H2,1-4H3,(H3,15,16,17). The van der Waals surface area contributed by atoms with Gasteiger partial charge in [-0.2, -0.15) is 0 Å². The van der Waals surface area contributed by atoms with Crippen molar-refractivity contribution < 1.29 is 4.79 Å². The van der Waals surface area contributed by atoms with Gasteiger partial charge in [-0.05, 0) is 33.6 Å². The molecule has 1 amide bonds. The van der Waals surface area contributed by atoms with E-state index in [4.69, 9.17) is 5.73 Å². The molecule has 0 aromatic heterocycles. The molecule has 0 spiro atoms. The quantitative estimate of drug-likeness (QED) is 0.601. The van der Waals surface area contributed by atoms with Crippen molar-refractivity contribution in [1.82, 2.24) is 10.2 Å². The zero-order chi connectivity index (χ0) is 14.5. The van der Waals surface area contributed by atoms with Crippen molar-refractivity contribution >= 4 is 11.9 Å². The number of nitrogens with zero attached hydrogens (tertiary/aromatic N) is 2. The molecule has 3 N–H and O–H groups in total. The molecule has 0 bridgehead atoms. The number of nitrogens with two attached hydrogens (primary N) is 1. The molecule has 0 aromatic rings. The van der Waals surface area contributed by atoms with Crippen molar-refractivity contribution in [2.45, 2.75) is 64.5 Å². The van der Waals surface area contributed by atoms with Gasteiger partial charge < -0.3 is 16.0 Å². The number of guanidine groups is 1. The lowest BCUT2D eigenvalue weighted by atomic mass is 9.94. The second kappa shape index (κ2) is 6.78. The Balaban J connectivity index is 2.43. The fourth-order valence-electron chi connectivity index (χ4n) is 2.36. The van der Waals surface area contributed by atoms with Crippen LogP contribution in [0, 0.1) is 0 Å². The van der Waals surface area contributed by atoms with Gasteiger partial charge in [0.2, 0.25) is 5.91 Å². The molecule has 5 heteroatoms.